The van der Waals surface area contributed by atoms with Crippen LogP contribution in [0.2, 0.25) is 0 Å². The summed E-state index contributed by atoms with van der Waals surface area (Å²) in [5, 5.41) is 59.2. The number of guanidine groups is 1. The van der Waals surface area contributed by atoms with Crippen LogP contribution in [-0.4, -0.2) is 223 Å². The zero-order valence-corrected chi connectivity index (χ0v) is 53.8. The minimum absolute atomic E-state index is 0.0377. The average molecular weight is 1310 g/mol. The number of phenolic OH excluding ortho intramolecular Hbond substituents is 1. The van der Waals surface area contributed by atoms with E-state index >= 15 is 0 Å². The van der Waals surface area contributed by atoms with Crippen molar-refractivity contribution in [1.82, 2.24) is 51.5 Å². The number of hydrogen-bond acceptors (Lipinski definition) is 16. The van der Waals surface area contributed by atoms with Crippen molar-refractivity contribution in [1.29, 1.82) is 0 Å². The number of nitrogens with one attached hydrogen (secondary N) is 7. The van der Waals surface area contributed by atoms with E-state index < -0.39 is 59.7 Å². The Bertz CT molecular complexity index is 3280. The highest BCUT2D eigenvalue weighted by atomic mass is 16.4. The quantitative estimate of drug-likeness (QED) is 0.0160. The number of carbonyl (C=O) groups is 8. The van der Waals surface area contributed by atoms with Crippen LogP contribution < -0.4 is 48.7 Å². The molecule has 0 unspecified atom stereocenters. The Balaban J connectivity index is 1.01. The average Bonchev–Trinajstić information content (AvgIpc) is 1.10. The summed E-state index contributed by atoms with van der Waals surface area (Å²) in [6.45, 7) is 4.98. The van der Waals surface area contributed by atoms with Gasteiger partial charge in [0.05, 0.1) is 38.3 Å². The van der Waals surface area contributed by atoms with Crippen molar-refractivity contribution in [2.24, 2.45) is 21.5 Å². The number of aliphatic carboxylic acids is 3. The van der Waals surface area contributed by atoms with E-state index in [0.29, 0.717) is 63.1 Å². The minimum Gasteiger partial charge on any atom is -0.508 e. The molecule has 510 valence electrons. The maximum absolute atomic E-state index is 14.4. The molecule has 27 nitrogen and oxygen atoms in total. The van der Waals surface area contributed by atoms with Crippen molar-refractivity contribution in [3.8, 4) is 16.9 Å². The topological polar surface area (TPSA) is 391 Å². The number of hydrogen-bond donors (Lipinski definition) is 13. The number of rotatable bonds is 34. The maximum atomic E-state index is 14.4. The number of anilines is 1. The van der Waals surface area contributed by atoms with Gasteiger partial charge in [-0.15, -0.1) is 0 Å². The fourth-order valence-corrected chi connectivity index (χ4v) is 10.5. The number of carboxylic acids is 3. The lowest BCUT2D eigenvalue weighted by atomic mass is 9.90. The molecular formula is C68H91N15O12. The van der Waals surface area contributed by atoms with Crippen molar-refractivity contribution >= 4 is 64.9 Å². The normalized spacial score (nSPS) is 14.9. The Labute approximate surface area is 553 Å². The van der Waals surface area contributed by atoms with E-state index in [1.807, 2.05) is 114 Å². The van der Waals surface area contributed by atoms with Crippen LogP contribution in [0.1, 0.15) is 67.2 Å². The summed E-state index contributed by atoms with van der Waals surface area (Å²) in [5.41, 5.74) is 18.2. The van der Waals surface area contributed by atoms with Gasteiger partial charge in [0, 0.05) is 104 Å². The van der Waals surface area contributed by atoms with Gasteiger partial charge in [0.15, 0.2) is 5.96 Å². The lowest BCUT2D eigenvalue weighted by Crippen LogP contribution is -2.48. The van der Waals surface area contributed by atoms with Gasteiger partial charge in [-0.2, -0.15) is 4.99 Å². The summed E-state index contributed by atoms with van der Waals surface area (Å²) < 4.78 is 0. The maximum Gasteiger partial charge on any atom is 0.344 e. The third-order valence-electron chi connectivity index (χ3n) is 15.7. The van der Waals surface area contributed by atoms with Crippen LogP contribution in [0, 0.1) is 0 Å². The van der Waals surface area contributed by atoms with Crippen LogP contribution >= 0.6 is 0 Å². The first kappa shape index (κ1) is 74.2. The molecule has 1 aliphatic rings. The molecule has 1 aliphatic heterocycles. The first-order valence-electron chi connectivity index (χ1n) is 32.0. The second kappa shape index (κ2) is 40.3. The predicted molar refractivity (Wildman–Crippen MR) is 363 cm³/mol. The van der Waals surface area contributed by atoms with Crippen molar-refractivity contribution in [3.63, 3.8) is 0 Å². The number of amides is 6. The van der Waals surface area contributed by atoms with E-state index in [-0.39, 0.29) is 128 Å². The molecule has 5 aromatic rings. The number of phenols is 1. The number of carbonyl (C=O) groups excluding carboxylic acids is 5. The molecule has 0 radical (unpaired) electrons. The first-order chi connectivity index (χ1) is 45.8. The molecule has 1 saturated heterocycles. The van der Waals surface area contributed by atoms with Gasteiger partial charge in [-0.1, -0.05) is 109 Å². The first-order valence-corrected chi connectivity index (χ1v) is 32.0. The van der Waals surface area contributed by atoms with Crippen molar-refractivity contribution in [3.05, 3.63) is 156 Å². The van der Waals surface area contributed by atoms with Gasteiger partial charge < -0.3 is 69.1 Å². The molecule has 0 saturated carbocycles. The van der Waals surface area contributed by atoms with E-state index in [0.717, 1.165) is 27.9 Å². The Kier molecular flexibility index (Phi) is 31.5. The fraction of sp³-hybridized carbons (Fsp3) is 0.412. The molecule has 0 bridgehead atoms. The van der Waals surface area contributed by atoms with Gasteiger partial charge in [-0.25, -0.2) is 4.79 Å². The zero-order valence-electron chi connectivity index (χ0n) is 53.8. The van der Waals surface area contributed by atoms with E-state index in [9.17, 15) is 58.8 Å². The molecule has 0 aliphatic carbocycles. The molecule has 27 heteroatoms. The zero-order chi connectivity index (χ0) is 68.3. The lowest BCUT2D eigenvalue weighted by Gasteiger charge is -2.32. The number of nitrogens with two attached hydrogens (primary N) is 2. The van der Waals surface area contributed by atoms with E-state index in [1.165, 1.54) is 12.1 Å². The molecule has 0 aromatic heterocycles. The molecule has 95 heavy (non-hydrogen) atoms. The van der Waals surface area contributed by atoms with Crippen molar-refractivity contribution < 1.29 is 58.8 Å². The Hall–Kier alpha value is -9.80. The summed E-state index contributed by atoms with van der Waals surface area (Å²) in [7, 11) is 0. The molecule has 0 spiro atoms. The Morgan fingerprint density at radius 3 is 1.62 bits per heavy atom. The number of benzene rings is 5. The van der Waals surface area contributed by atoms with Crippen LogP contribution in [0.15, 0.2) is 143 Å². The SMILES string of the molecule is CCNC(=O)/N=C(/N)NCCC[C@@H](NC(=O)[C@@H](c1ccccc1)c1ccc(NCCCNC(=O)[C@H](N)CCCNC(=O)/C(Cc2ccc(-c3ccccc3)cc2)=N/CN2CCN(CC(=O)O)CCN(CC(=O)O)CCN(CC(=O)O)CC2)cc1)C(=O)NCc1ccc(O)cc1. The van der Waals surface area contributed by atoms with Crippen molar-refractivity contribution in [2.75, 3.05) is 117 Å². The fourth-order valence-electron chi connectivity index (χ4n) is 10.5. The van der Waals surface area contributed by atoms with E-state index in [2.05, 4.69) is 42.2 Å². The van der Waals surface area contributed by atoms with Crippen molar-refractivity contribution in [2.45, 2.75) is 70.0 Å². The summed E-state index contributed by atoms with van der Waals surface area (Å²) in [4.78, 5) is 118. The molecule has 15 N–H and O–H groups in total. The Morgan fingerprint density at radius 2 is 1.04 bits per heavy atom. The second-order valence-corrected chi connectivity index (χ2v) is 23.0. The highest BCUT2D eigenvalue weighted by Crippen LogP contribution is 2.27. The summed E-state index contributed by atoms with van der Waals surface area (Å²) in [6.07, 6.45) is 1.96. The molecule has 3 atom stereocenters. The highest BCUT2D eigenvalue weighted by molar-refractivity contribution is 6.39. The number of aliphatic imine (C=N–C) groups is 2. The largest absolute Gasteiger partial charge is 0.508 e. The standard InChI is InChI=1S/C68H91N15O12/c1-2-71-68(95)79-67(70)75-31-10-17-57(64(92)76-43-49-20-28-55(84)29-21-49)78-66(94)62(52-14-7-4-8-15-52)53-24-26-54(27-25-53)72-32-11-33-73-63(91)56(69)16-9-30-74-65(93)58(42-48-18-22-51(23-19-48)50-12-5-3-6-13-50)77-47-83-40-38-81(45-60(87)88)36-34-80(44-59(85)86)35-37-82(39-41-83)46-61(89)90/h3-8,12-15,18-29,56-57,62,72,84H,2,9-11,16-17,30-47,69H2,1H3,(H,73,91)(H,74,93)(H,76,92)(H,78,94)(H,85,86)(H,87,88)(H,89,90)(H4,70,71,75,79,95)/b77-58+/t56-,57-,62+/m1/s1. The molecule has 5 aromatic carbocycles. The van der Waals surface area contributed by atoms with Gasteiger partial charge in [0.25, 0.3) is 5.91 Å². The number of nitrogens with zero attached hydrogens (tertiary/aromatic N) is 6. The van der Waals surface area contributed by atoms with Crippen LogP contribution in [0.5, 0.6) is 5.75 Å². The summed E-state index contributed by atoms with van der Waals surface area (Å²) in [5.74, 6) is -5.52. The molecule has 6 amide bonds. The van der Waals surface area contributed by atoms with Gasteiger partial charge in [-0.3, -0.25) is 58.2 Å². The number of aromatic hydroxyl groups is 1. The van der Waals surface area contributed by atoms with Gasteiger partial charge >= 0.3 is 23.9 Å². The van der Waals surface area contributed by atoms with Gasteiger partial charge in [-0.05, 0) is 96.7 Å². The number of carboxylic acid groups (broad SMARTS) is 3. The lowest BCUT2D eigenvalue weighted by molar-refractivity contribution is -0.140. The predicted octanol–water partition coefficient (Wildman–Crippen LogP) is 2.66. The smallest absolute Gasteiger partial charge is 0.344 e. The third-order valence-corrected chi connectivity index (χ3v) is 15.7. The highest BCUT2D eigenvalue weighted by Gasteiger charge is 2.29. The molecule has 1 fully saturated rings. The minimum atomic E-state index is -1.05. The monoisotopic (exact) mass is 1310 g/mol. The van der Waals surface area contributed by atoms with Crippen LogP contribution in [0.3, 0.4) is 0 Å². The van der Waals surface area contributed by atoms with Gasteiger partial charge in [0.2, 0.25) is 17.7 Å². The Morgan fingerprint density at radius 1 is 0.526 bits per heavy atom. The summed E-state index contributed by atoms with van der Waals surface area (Å²) in [6, 6.07) is 38.3. The number of urea groups is 1. The van der Waals surface area contributed by atoms with Gasteiger partial charge in [0.1, 0.15) is 17.5 Å². The molecular weight excluding hydrogens is 1220 g/mol. The second-order valence-electron chi connectivity index (χ2n) is 23.0. The summed E-state index contributed by atoms with van der Waals surface area (Å²) >= 11 is 0. The van der Waals surface area contributed by atoms with Crippen LogP contribution in [0.25, 0.3) is 11.1 Å². The third kappa shape index (κ3) is 27.7. The van der Waals surface area contributed by atoms with Crippen LogP contribution in [0.4, 0.5) is 10.5 Å². The molecule has 1 heterocycles. The van der Waals surface area contributed by atoms with Crippen LogP contribution in [-0.2, 0) is 46.5 Å². The van der Waals surface area contributed by atoms with E-state index in [4.69, 9.17) is 16.5 Å². The molecule has 6 rings (SSSR count). The van der Waals surface area contributed by atoms with E-state index in [1.54, 1.807) is 33.8 Å².